The van der Waals surface area contributed by atoms with Gasteiger partial charge in [-0.15, -0.1) is 0 Å². The van der Waals surface area contributed by atoms with Crippen molar-refractivity contribution in [3.8, 4) is 0 Å². The molecule has 1 atom stereocenters. The molecule has 0 radical (unpaired) electrons. The molecule has 0 amide bonds. The third-order valence-corrected chi connectivity index (χ3v) is 7.93. The van der Waals surface area contributed by atoms with E-state index >= 15 is 0 Å². The van der Waals surface area contributed by atoms with E-state index in [4.69, 9.17) is 0 Å². The molecule has 140 valence electrons. The lowest BCUT2D eigenvalue weighted by Gasteiger charge is -2.53. The summed E-state index contributed by atoms with van der Waals surface area (Å²) in [7, 11) is 0. The molecular weight excluding hydrogens is 294 g/mol. The molecule has 0 aromatic carbocycles. The number of nitrogens with zero attached hydrogens (tertiary/aromatic N) is 3. The van der Waals surface area contributed by atoms with E-state index in [0.29, 0.717) is 17.1 Å². The van der Waals surface area contributed by atoms with Gasteiger partial charge in [-0.2, -0.15) is 0 Å². The molecule has 0 aromatic rings. The summed E-state index contributed by atoms with van der Waals surface area (Å²) in [5.41, 5.74) is 0.770. The van der Waals surface area contributed by atoms with Crippen LogP contribution in [-0.4, -0.2) is 71.1 Å². The van der Waals surface area contributed by atoms with Gasteiger partial charge in [-0.1, -0.05) is 0 Å². The van der Waals surface area contributed by atoms with E-state index in [1.54, 1.807) is 0 Å². The molecule has 3 heterocycles. The highest BCUT2D eigenvalue weighted by Gasteiger charge is 2.44. The summed E-state index contributed by atoms with van der Waals surface area (Å²) in [4.78, 5) is 8.21. The molecule has 3 heteroatoms. The summed E-state index contributed by atoms with van der Waals surface area (Å²) < 4.78 is 0. The summed E-state index contributed by atoms with van der Waals surface area (Å²) in [6.45, 7) is 22.6. The maximum atomic E-state index is 2.82. The fourth-order valence-corrected chi connectivity index (χ4v) is 5.40. The van der Waals surface area contributed by atoms with Crippen LogP contribution in [0.1, 0.15) is 67.2 Å². The van der Waals surface area contributed by atoms with Gasteiger partial charge in [0, 0.05) is 23.7 Å². The summed E-state index contributed by atoms with van der Waals surface area (Å²) in [6, 6.07) is 0.703. The largest absolute Gasteiger partial charge is 0.301 e. The van der Waals surface area contributed by atoms with Crippen LogP contribution >= 0.6 is 0 Å². The molecule has 1 unspecified atom stereocenters. The van der Waals surface area contributed by atoms with Gasteiger partial charge in [0.05, 0.1) is 0 Å². The van der Waals surface area contributed by atoms with Crippen LogP contribution in [0.5, 0.6) is 0 Å². The normalized spacial score (nSPS) is 29.4. The second-order valence-corrected chi connectivity index (χ2v) is 9.98. The SMILES string of the molecule is CC(C)N1CCC(C(C)(C)N2CCC(C(C)(C)N3CCC3)CC2)C1. The molecule has 3 aliphatic rings. The Balaban J connectivity index is 1.55. The quantitative estimate of drug-likeness (QED) is 0.758. The van der Waals surface area contributed by atoms with Crippen LogP contribution in [-0.2, 0) is 0 Å². The number of likely N-dealkylation sites (tertiary alicyclic amines) is 3. The van der Waals surface area contributed by atoms with Crippen molar-refractivity contribution in [2.24, 2.45) is 11.8 Å². The Hall–Kier alpha value is -0.120. The minimum Gasteiger partial charge on any atom is -0.301 e. The summed E-state index contributed by atoms with van der Waals surface area (Å²) in [6.07, 6.45) is 5.55. The van der Waals surface area contributed by atoms with Gasteiger partial charge in [0.15, 0.2) is 0 Å². The summed E-state index contributed by atoms with van der Waals surface area (Å²) >= 11 is 0. The van der Waals surface area contributed by atoms with Crippen molar-refractivity contribution in [3.05, 3.63) is 0 Å². The lowest BCUT2D eigenvalue weighted by atomic mass is 9.75. The van der Waals surface area contributed by atoms with Crippen LogP contribution in [0.15, 0.2) is 0 Å². The second-order valence-electron chi connectivity index (χ2n) is 9.98. The highest BCUT2D eigenvalue weighted by molar-refractivity contribution is 4.99. The lowest BCUT2D eigenvalue weighted by molar-refractivity contribution is -0.0350. The maximum Gasteiger partial charge on any atom is 0.0194 e. The van der Waals surface area contributed by atoms with Crippen LogP contribution < -0.4 is 0 Å². The van der Waals surface area contributed by atoms with Crippen molar-refractivity contribution in [1.29, 1.82) is 0 Å². The predicted molar refractivity (Wildman–Crippen MR) is 103 cm³/mol. The average molecular weight is 336 g/mol. The first-order chi connectivity index (χ1) is 11.2. The monoisotopic (exact) mass is 335 g/mol. The smallest absolute Gasteiger partial charge is 0.0194 e. The van der Waals surface area contributed by atoms with Gasteiger partial charge in [0.25, 0.3) is 0 Å². The Kier molecular flexibility index (Phi) is 5.36. The van der Waals surface area contributed by atoms with Gasteiger partial charge in [-0.25, -0.2) is 0 Å². The summed E-state index contributed by atoms with van der Waals surface area (Å²) in [5.74, 6) is 1.71. The minimum absolute atomic E-state index is 0.357. The topological polar surface area (TPSA) is 9.72 Å². The molecule has 0 aromatic heterocycles. The first kappa shape index (κ1) is 18.7. The van der Waals surface area contributed by atoms with Gasteiger partial charge in [-0.3, -0.25) is 9.80 Å². The molecule has 3 fully saturated rings. The number of hydrogen-bond acceptors (Lipinski definition) is 3. The Morgan fingerprint density at radius 3 is 1.67 bits per heavy atom. The third-order valence-electron chi connectivity index (χ3n) is 7.93. The van der Waals surface area contributed by atoms with Crippen LogP contribution in [0.25, 0.3) is 0 Å². The van der Waals surface area contributed by atoms with Crippen LogP contribution in [0.2, 0.25) is 0 Å². The van der Waals surface area contributed by atoms with Gasteiger partial charge < -0.3 is 4.90 Å². The Morgan fingerprint density at radius 1 is 0.708 bits per heavy atom. The minimum atomic E-state index is 0.357. The zero-order chi connectivity index (χ0) is 17.5. The molecular formula is C21H41N3. The molecule has 0 N–H and O–H groups in total. The highest BCUT2D eigenvalue weighted by atomic mass is 15.3. The van der Waals surface area contributed by atoms with E-state index in [-0.39, 0.29) is 0 Å². The van der Waals surface area contributed by atoms with Crippen molar-refractivity contribution < 1.29 is 0 Å². The number of hydrogen-bond donors (Lipinski definition) is 0. The molecule has 3 nitrogen and oxygen atoms in total. The van der Waals surface area contributed by atoms with Crippen molar-refractivity contribution in [3.63, 3.8) is 0 Å². The molecule has 0 spiro atoms. The molecule has 0 bridgehead atoms. The molecule has 3 rings (SSSR count). The van der Waals surface area contributed by atoms with Crippen LogP contribution in [0, 0.1) is 11.8 Å². The molecule has 0 aliphatic carbocycles. The van der Waals surface area contributed by atoms with Crippen molar-refractivity contribution in [2.45, 2.75) is 84.3 Å². The third kappa shape index (κ3) is 3.41. The van der Waals surface area contributed by atoms with Gasteiger partial charge in [0.2, 0.25) is 0 Å². The van der Waals surface area contributed by atoms with E-state index < -0.39 is 0 Å². The van der Waals surface area contributed by atoms with E-state index in [0.717, 1.165) is 11.8 Å². The Labute approximate surface area is 150 Å². The van der Waals surface area contributed by atoms with E-state index in [2.05, 4.69) is 56.2 Å². The predicted octanol–water partition coefficient (Wildman–Crippen LogP) is 3.69. The number of piperidine rings is 1. The summed E-state index contributed by atoms with van der Waals surface area (Å²) in [5, 5.41) is 0. The molecule has 0 saturated carbocycles. The average Bonchev–Trinajstić information content (AvgIpc) is 2.96. The molecule has 3 aliphatic heterocycles. The second kappa shape index (κ2) is 6.89. The first-order valence-electron chi connectivity index (χ1n) is 10.5. The van der Waals surface area contributed by atoms with Crippen molar-refractivity contribution in [1.82, 2.24) is 14.7 Å². The first-order valence-corrected chi connectivity index (χ1v) is 10.5. The van der Waals surface area contributed by atoms with Gasteiger partial charge in [-0.05, 0) is 112 Å². The highest BCUT2D eigenvalue weighted by Crippen LogP contribution is 2.39. The zero-order valence-electron chi connectivity index (χ0n) is 17.1. The van der Waals surface area contributed by atoms with Gasteiger partial charge >= 0.3 is 0 Å². The van der Waals surface area contributed by atoms with E-state index in [1.807, 2.05) is 0 Å². The number of rotatable bonds is 5. The van der Waals surface area contributed by atoms with Crippen molar-refractivity contribution in [2.75, 3.05) is 39.3 Å². The fourth-order valence-electron chi connectivity index (χ4n) is 5.40. The Bertz CT molecular complexity index is 417. The van der Waals surface area contributed by atoms with Gasteiger partial charge in [0.1, 0.15) is 0 Å². The van der Waals surface area contributed by atoms with Crippen LogP contribution in [0.4, 0.5) is 0 Å². The van der Waals surface area contributed by atoms with E-state index in [9.17, 15) is 0 Å². The zero-order valence-corrected chi connectivity index (χ0v) is 17.1. The molecule has 3 saturated heterocycles. The lowest BCUT2D eigenvalue weighted by Crippen LogP contribution is -2.59. The van der Waals surface area contributed by atoms with Crippen LogP contribution in [0.3, 0.4) is 0 Å². The molecule has 24 heavy (non-hydrogen) atoms. The standard InChI is InChI=1S/C21H41N3/c1-17(2)22-13-8-19(16-22)21(5,6)24-14-9-18(10-15-24)20(3,4)23-11-7-12-23/h17-19H,7-16H2,1-6H3. The Morgan fingerprint density at radius 2 is 1.21 bits per heavy atom. The van der Waals surface area contributed by atoms with Crippen molar-refractivity contribution >= 4 is 0 Å². The fraction of sp³-hybridized carbons (Fsp3) is 1.00. The maximum absolute atomic E-state index is 2.82. The van der Waals surface area contributed by atoms with E-state index in [1.165, 1.54) is 65.0 Å².